The lowest BCUT2D eigenvalue weighted by Crippen LogP contribution is -2.54. The van der Waals surface area contributed by atoms with Crippen molar-refractivity contribution >= 4 is 11.8 Å². The number of hydrogen-bond acceptors (Lipinski definition) is 5. The molecule has 0 bridgehead atoms. The van der Waals surface area contributed by atoms with Crippen LogP contribution in [0.1, 0.15) is 33.6 Å². The van der Waals surface area contributed by atoms with Gasteiger partial charge in [-0.25, -0.2) is 4.98 Å². The Hall–Kier alpha value is -4.70. The first kappa shape index (κ1) is 30.3. The van der Waals surface area contributed by atoms with E-state index in [0.717, 1.165) is 28.6 Å². The van der Waals surface area contributed by atoms with Crippen molar-refractivity contribution in [1.82, 2.24) is 19.7 Å². The van der Waals surface area contributed by atoms with E-state index in [1.165, 1.54) is 18.2 Å². The van der Waals surface area contributed by atoms with E-state index < -0.39 is 18.0 Å². The molecule has 45 heavy (non-hydrogen) atoms. The molecule has 6 rings (SSSR count). The Balaban J connectivity index is 1.08. The number of carbonyl (C=O) groups excluding carboxylic acids is 2. The Morgan fingerprint density at radius 3 is 1.73 bits per heavy atom. The highest BCUT2D eigenvalue weighted by atomic mass is 19.4. The molecule has 4 aromatic rings. The third-order valence-electron chi connectivity index (χ3n) is 8.42. The van der Waals surface area contributed by atoms with Gasteiger partial charge >= 0.3 is 6.36 Å². The fourth-order valence-corrected chi connectivity index (χ4v) is 6.10. The van der Waals surface area contributed by atoms with Gasteiger partial charge in [-0.1, -0.05) is 72.8 Å². The standard InChI is InChI=1S/C35H33F3N4O3/c36-35(37,38)45-32-14-8-7-13-29(32)34(44)41-17-15-28(16-18-41)40-19-21-42(22-20-40)33(43)27-23-30(25-9-3-1-4-10-25)39-31(24-27)26-11-5-2-6-12-26/h1-14,23-24,28H,15-22H2. The number of amides is 2. The van der Waals surface area contributed by atoms with Crippen LogP contribution in [-0.2, 0) is 0 Å². The second-order valence-corrected chi connectivity index (χ2v) is 11.3. The quantitative estimate of drug-likeness (QED) is 0.252. The number of pyridine rings is 1. The van der Waals surface area contributed by atoms with Crippen LogP contribution in [0.4, 0.5) is 13.2 Å². The zero-order valence-corrected chi connectivity index (χ0v) is 24.6. The van der Waals surface area contributed by atoms with E-state index in [0.29, 0.717) is 57.7 Å². The Morgan fingerprint density at radius 2 is 1.18 bits per heavy atom. The van der Waals surface area contributed by atoms with Crippen LogP contribution in [0.5, 0.6) is 5.75 Å². The van der Waals surface area contributed by atoms with Crippen LogP contribution >= 0.6 is 0 Å². The lowest BCUT2D eigenvalue weighted by atomic mass is 10.0. The topological polar surface area (TPSA) is 66.0 Å². The van der Waals surface area contributed by atoms with Crippen LogP contribution in [0.3, 0.4) is 0 Å². The summed E-state index contributed by atoms with van der Waals surface area (Å²) in [5, 5.41) is 0. The van der Waals surface area contributed by atoms with Crippen molar-refractivity contribution in [3.05, 3.63) is 108 Å². The summed E-state index contributed by atoms with van der Waals surface area (Å²) < 4.78 is 42.7. The smallest absolute Gasteiger partial charge is 0.405 e. The number of piperidine rings is 1. The molecule has 2 saturated heterocycles. The van der Waals surface area contributed by atoms with Crippen LogP contribution in [0.2, 0.25) is 0 Å². The number of halogens is 3. The number of rotatable bonds is 6. The van der Waals surface area contributed by atoms with E-state index in [-0.39, 0.29) is 17.5 Å². The average Bonchev–Trinajstić information content (AvgIpc) is 3.08. The molecule has 0 atom stereocenters. The van der Waals surface area contributed by atoms with E-state index in [1.54, 1.807) is 4.90 Å². The normalized spacial score (nSPS) is 16.4. The van der Waals surface area contributed by atoms with Gasteiger partial charge in [-0.05, 0) is 37.1 Å². The molecule has 2 aliphatic heterocycles. The second kappa shape index (κ2) is 13.1. The molecule has 0 saturated carbocycles. The van der Waals surface area contributed by atoms with Gasteiger partial charge in [0.15, 0.2) is 0 Å². The molecule has 0 radical (unpaired) electrons. The molecule has 7 nitrogen and oxygen atoms in total. The number of likely N-dealkylation sites (tertiary alicyclic amines) is 1. The van der Waals surface area contributed by atoms with Crippen LogP contribution in [0.25, 0.3) is 22.5 Å². The number of ether oxygens (including phenoxy) is 1. The highest BCUT2D eigenvalue weighted by molar-refractivity contribution is 5.97. The van der Waals surface area contributed by atoms with Crippen LogP contribution in [0, 0.1) is 0 Å². The maximum atomic E-state index is 13.8. The minimum absolute atomic E-state index is 0.0356. The van der Waals surface area contributed by atoms with Crippen molar-refractivity contribution in [2.75, 3.05) is 39.3 Å². The minimum atomic E-state index is -4.88. The highest BCUT2D eigenvalue weighted by Crippen LogP contribution is 2.29. The maximum Gasteiger partial charge on any atom is 0.573 e. The summed E-state index contributed by atoms with van der Waals surface area (Å²) in [4.78, 5) is 37.5. The van der Waals surface area contributed by atoms with Crippen molar-refractivity contribution in [2.24, 2.45) is 0 Å². The molecule has 0 aliphatic carbocycles. The Kier molecular flexibility index (Phi) is 8.84. The first-order valence-corrected chi connectivity index (χ1v) is 15.1. The fourth-order valence-electron chi connectivity index (χ4n) is 6.10. The second-order valence-electron chi connectivity index (χ2n) is 11.3. The average molecular weight is 615 g/mol. The molecular weight excluding hydrogens is 581 g/mol. The number of nitrogens with zero attached hydrogens (tertiary/aromatic N) is 4. The van der Waals surface area contributed by atoms with Crippen molar-refractivity contribution in [3.63, 3.8) is 0 Å². The SMILES string of the molecule is O=C(c1cc(-c2ccccc2)nc(-c2ccccc2)c1)N1CCN(C2CCN(C(=O)c3ccccc3OC(F)(F)F)CC2)CC1. The molecule has 2 fully saturated rings. The molecule has 2 amide bonds. The molecule has 232 valence electrons. The van der Waals surface area contributed by atoms with Crippen LogP contribution < -0.4 is 4.74 Å². The molecule has 2 aliphatic rings. The largest absolute Gasteiger partial charge is 0.573 e. The number of hydrogen-bond donors (Lipinski definition) is 0. The number of para-hydroxylation sites is 1. The van der Waals surface area contributed by atoms with E-state index in [9.17, 15) is 22.8 Å². The predicted octanol–water partition coefficient (Wildman–Crippen LogP) is 6.38. The number of aromatic nitrogens is 1. The fraction of sp³-hybridized carbons (Fsp3) is 0.286. The lowest BCUT2D eigenvalue weighted by Gasteiger charge is -2.42. The Morgan fingerprint density at radius 1 is 0.667 bits per heavy atom. The summed E-state index contributed by atoms with van der Waals surface area (Å²) in [6, 6.07) is 29.1. The molecule has 3 aromatic carbocycles. The van der Waals surface area contributed by atoms with E-state index in [4.69, 9.17) is 4.98 Å². The van der Waals surface area contributed by atoms with Gasteiger partial charge in [0, 0.05) is 62.0 Å². The van der Waals surface area contributed by atoms with Gasteiger partial charge in [0.05, 0.1) is 17.0 Å². The lowest BCUT2D eigenvalue weighted by molar-refractivity contribution is -0.274. The van der Waals surface area contributed by atoms with Gasteiger partial charge < -0.3 is 14.5 Å². The van der Waals surface area contributed by atoms with E-state index >= 15 is 0 Å². The predicted molar refractivity (Wildman–Crippen MR) is 165 cm³/mol. The molecule has 0 N–H and O–H groups in total. The van der Waals surface area contributed by atoms with Gasteiger partial charge in [0.2, 0.25) is 0 Å². The zero-order chi connectivity index (χ0) is 31.4. The monoisotopic (exact) mass is 614 g/mol. The Bertz CT molecular complexity index is 1580. The molecule has 0 spiro atoms. The van der Waals surface area contributed by atoms with Crippen LogP contribution in [0.15, 0.2) is 97.1 Å². The molecule has 0 unspecified atom stereocenters. The van der Waals surface area contributed by atoms with Crippen molar-refractivity contribution in [3.8, 4) is 28.3 Å². The summed E-state index contributed by atoms with van der Waals surface area (Å²) in [5.74, 6) is -0.990. The van der Waals surface area contributed by atoms with Crippen molar-refractivity contribution in [2.45, 2.75) is 25.2 Å². The summed E-state index contributed by atoms with van der Waals surface area (Å²) in [7, 11) is 0. The maximum absolute atomic E-state index is 13.8. The minimum Gasteiger partial charge on any atom is -0.405 e. The molecule has 1 aromatic heterocycles. The molecule has 10 heteroatoms. The third kappa shape index (κ3) is 7.17. The molecule has 3 heterocycles. The number of alkyl halides is 3. The van der Waals surface area contributed by atoms with Gasteiger partial charge in [-0.2, -0.15) is 0 Å². The van der Waals surface area contributed by atoms with Crippen molar-refractivity contribution < 1.29 is 27.5 Å². The first-order chi connectivity index (χ1) is 21.7. The summed E-state index contributed by atoms with van der Waals surface area (Å²) in [5.41, 5.74) is 3.87. The van der Waals surface area contributed by atoms with E-state index in [1.807, 2.05) is 77.7 Å². The van der Waals surface area contributed by atoms with E-state index in [2.05, 4.69) is 9.64 Å². The summed E-state index contributed by atoms with van der Waals surface area (Å²) in [6.45, 7) is 3.42. The summed E-state index contributed by atoms with van der Waals surface area (Å²) >= 11 is 0. The first-order valence-electron chi connectivity index (χ1n) is 15.1. The number of piperazine rings is 1. The highest BCUT2D eigenvalue weighted by Gasteiger charge is 2.35. The third-order valence-corrected chi connectivity index (χ3v) is 8.42. The van der Waals surface area contributed by atoms with Gasteiger partial charge in [-0.3, -0.25) is 14.5 Å². The Labute approximate surface area is 259 Å². The zero-order valence-electron chi connectivity index (χ0n) is 24.6. The summed E-state index contributed by atoms with van der Waals surface area (Å²) in [6.07, 6.45) is -3.47. The van der Waals surface area contributed by atoms with Gasteiger partial charge in [0.25, 0.3) is 11.8 Å². The molecular formula is C35H33F3N4O3. The van der Waals surface area contributed by atoms with Crippen molar-refractivity contribution in [1.29, 1.82) is 0 Å². The van der Waals surface area contributed by atoms with Crippen LogP contribution in [-0.4, -0.2) is 83.2 Å². The van der Waals surface area contributed by atoms with Gasteiger partial charge in [-0.15, -0.1) is 13.2 Å². The number of benzene rings is 3. The number of carbonyl (C=O) groups is 2. The van der Waals surface area contributed by atoms with Gasteiger partial charge in [0.1, 0.15) is 5.75 Å².